The molecular formula is C18H24F3N5. The van der Waals surface area contributed by atoms with E-state index in [0.717, 1.165) is 42.8 Å². The molecular weight excluding hydrogens is 343 g/mol. The molecule has 0 saturated carbocycles. The van der Waals surface area contributed by atoms with Crippen molar-refractivity contribution in [3.8, 4) is 0 Å². The van der Waals surface area contributed by atoms with Crippen molar-refractivity contribution in [1.29, 1.82) is 0 Å². The highest BCUT2D eigenvalue weighted by atomic mass is 19.4. The lowest BCUT2D eigenvalue weighted by molar-refractivity contribution is -0.137. The van der Waals surface area contributed by atoms with Crippen LogP contribution in [0.2, 0.25) is 0 Å². The summed E-state index contributed by atoms with van der Waals surface area (Å²) < 4.78 is 39.7. The van der Waals surface area contributed by atoms with Gasteiger partial charge in [0.05, 0.1) is 11.8 Å². The molecule has 0 spiro atoms. The molecule has 0 saturated heterocycles. The minimum Gasteiger partial charge on any atom is -0.356 e. The van der Waals surface area contributed by atoms with Crippen molar-refractivity contribution in [2.45, 2.75) is 32.6 Å². The third kappa shape index (κ3) is 5.79. The second kappa shape index (κ2) is 8.73. The molecule has 1 heterocycles. The molecule has 0 fully saturated rings. The first kappa shape index (κ1) is 19.8. The van der Waals surface area contributed by atoms with Crippen LogP contribution in [0.1, 0.15) is 23.1 Å². The normalized spacial score (nSPS) is 12.3. The van der Waals surface area contributed by atoms with Crippen molar-refractivity contribution >= 4 is 5.96 Å². The number of hydrogen-bond acceptors (Lipinski definition) is 2. The van der Waals surface area contributed by atoms with Gasteiger partial charge in [0.25, 0.3) is 0 Å². The number of nitrogens with zero attached hydrogens (tertiary/aromatic N) is 4. The molecule has 1 N–H and O–H groups in total. The summed E-state index contributed by atoms with van der Waals surface area (Å²) in [6, 6.07) is 5.19. The highest BCUT2D eigenvalue weighted by molar-refractivity contribution is 5.79. The van der Waals surface area contributed by atoms with E-state index in [4.69, 9.17) is 0 Å². The van der Waals surface area contributed by atoms with Crippen LogP contribution in [0, 0.1) is 6.92 Å². The van der Waals surface area contributed by atoms with Gasteiger partial charge < -0.3 is 10.2 Å². The van der Waals surface area contributed by atoms with Crippen LogP contribution in [0.5, 0.6) is 0 Å². The fraction of sp³-hybridized carbons (Fsp3) is 0.444. The van der Waals surface area contributed by atoms with Crippen molar-refractivity contribution in [3.05, 3.63) is 53.3 Å². The van der Waals surface area contributed by atoms with Crippen molar-refractivity contribution in [2.75, 3.05) is 20.6 Å². The smallest absolute Gasteiger partial charge is 0.356 e. The van der Waals surface area contributed by atoms with E-state index in [-0.39, 0.29) is 0 Å². The summed E-state index contributed by atoms with van der Waals surface area (Å²) in [6.07, 6.45) is 0.388. The lowest BCUT2D eigenvalue weighted by Gasteiger charge is -2.22. The van der Waals surface area contributed by atoms with Gasteiger partial charge in [-0.05, 0) is 36.6 Å². The first-order chi connectivity index (χ1) is 12.3. The summed E-state index contributed by atoms with van der Waals surface area (Å²) >= 11 is 0. The van der Waals surface area contributed by atoms with E-state index in [1.165, 1.54) is 12.1 Å². The standard InChI is InChI=1S/C18H24F3N5/c1-14-11-24-26(12-14)10-4-9-23-17(22-2)25(3)13-15-5-7-16(8-6-15)18(19,20)21/h5-8,11-12H,4,9-10,13H2,1-3H3,(H,22,23). The van der Waals surface area contributed by atoms with Crippen LogP contribution in [0.4, 0.5) is 13.2 Å². The summed E-state index contributed by atoms with van der Waals surface area (Å²) in [4.78, 5) is 6.09. The van der Waals surface area contributed by atoms with Crippen molar-refractivity contribution in [3.63, 3.8) is 0 Å². The minimum absolute atomic E-state index is 0.468. The molecule has 0 aliphatic rings. The molecule has 0 atom stereocenters. The Morgan fingerprint density at radius 2 is 1.96 bits per heavy atom. The monoisotopic (exact) mass is 367 g/mol. The zero-order chi connectivity index (χ0) is 19.2. The number of aryl methyl sites for hydroxylation is 2. The van der Waals surface area contributed by atoms with Crippen LogP contribution in [-0.2, 0) is 19.3 Å². The van der Waals surface area contributed by atoms with E-state index >= 15 is 0 Å². The molecule has 2 rings (SSSR count). The van der Waals surface area contributed by atoms with Crippen LogP contribution in [0.15, 0.2) is 41.7 Å². The van der Waals surface area contributed by atoms with E-state index in [9.17, 15) is 13.2 Å². The lowest BCUT2D eigenvalue weighted by atomic mass is 10.1. The second-order valence-electron chi connectivity index (χ2n) is 6.16. The molecule has 0 unspecified atom stereocenters. The third-order valence-electron chi connectivity index (χ3n) is 3.88. The molecule has 0 bridgehead atoms. The fourth-order valence-electron chi connectivity index (χ4n) is 2.56. The lowest BCUT2D eigenvalue weighted by Crippen LogP contribution is -2.39. The van der Waals surface area contributed by atoms with Crippen LogP contribution >= 0.6 is 0 Å². The predicted molar refractivity (Wildman–Crippen MR) is 95.9 cm³/mol. The van der Waals surface area contributed by atoms with Gasteiger partial charge in [0.15, 0.2) is 5.96 Å². The van der Waals surface area contributed by atoms with Gasteiger partial charge in [0.2, 0.25) is 0 Å². The summed E-state index contributed by atoms with van der Waals surface area (Å²) in [5.74, 6) is 0.696. The maximum atomic E-state index is 12.6. The van der Waals surface area contributed by atoms with Gasteiger partial charge >= 0.3 is 6.18 Å². The number of aliphatic imine (C=N–C) groups is 1. The topological polar surface area (TPSA) is 45.5 Å². The van der Waals surface area contributed by atoms with E-state index in [1.807, 2.05) is 35.9 Å². The molecule has 142 valence electrons. The Morgan fingerprint density at radius 3 is 2.50 bits per heavy atom. The van der Waals surface area contributed by atoms with E-state index in [1.54, 1.807) is 7.05 Å². The van der Waals surface area contributed by atoms with Gasteiger partial charge in [-0.25, -0.2) is 0 Å². The van der Waals surface area contributed by atoms with E-state index in [2.05, 4.69) is 15.4 Å². The Kier molecular flexibility index (Phi) is 6.65. The minimum atomic E-state index is -4.31. The van der Waals surface area contributed by atoms with Gasteiger partial charge in [-0.3, -0.25) is 9.67 Å². The molecule has 0 aliphatic carbocycles. The Balaban J connectivity index is 1.81. The molecule has 0 amide bonds. The van der Waals surface area contributed by atoms with Crippen molar-refractivity contribution in [1.82, 2.24) is 20.0 Å². The summed E-state index contributed by atoms with van der Waals surface area (Å²) in [5, 5.41) is 7.49. The summed E-state index contributed by atoms with van der Waals surface area (Å²) in [5.41, 5.74) is 1.28. The van der Waals surface area contributed by atoms with Gasteiger partial charge in [-0.2, -0.15) is 18.3 Å². The quantitative estimate of drug-likeness (QED) is 0.484. The highest BCUT2D eigenvalue weighted by Crippen LogP contribution is 2.29. The number of rotatable bonds is 6. The van der Waals surface area contributed by atoms with Gasteiger partial charge in [-0.15, -0.1) is 0 Å². The summed E-state index contributed by atoms with van der Waals surface area (Å²) in [7, 11) is 3.53. The third-order valence-corrected chi connectivity index (χ3v) is 3.88. The maximum Gasteiger partial charge on any atom is 0.416 e. The predicted octanol–water partition coefficient (Wildman–Crippen LogP) is 3.31. The zero-order valence-corrected chi connectivity index (χ0v) is 15.2. The van der Waals surface area contributed by atoms with Crippen LogP contribution < -0.4 is 5.32 Å². The molecule has 5 nitrogen and oxygen atoms in total. The molecule has 1 aromatic heterocycles. The Bertz CT molecular complexity index is 719. The number of aromatic nitrogens is 2. The number of hydrogen-bond donors (Lipinski definition) is 1. The van der Waals surface area contributed by atoms with Crippen LogP contribution in [-0.4, -0.2) is 41.3 Å². The maximum absolute atomic E-state index is 12.6. The summed E-state index contributed by atoms with van der Waals surface area (Å²) in [6.45, 7) is 4.00. The number of nitrogens with one attached hydrogen (secondary N) is 1. The van der Waals surface area contributed by atoms with E-state index < -0.39 is 11.7 Å². The number of halogens is 3. The van der Waals surface area contributed by atoms with Gasteiger partial charge in [0.1, 0.15) is 0 Å². The number of alkyl halides is 3. The first-order valence-corrected chi connectivity index (χ1v) is 8.36. The Labute approximate surface area is 151 Å². The average molecular weight is 367 g/mol. The molecule has 2 aromatic rings. The molecule has 0 radical (unpaired) electrons. The highest BCUT2D eigenvalue weighted by Gasteiger charge is 2.29. The average Bonchev–Trinajstić information content (AvgIpc) is 3.00. The van der Waals surface area contributed by atoms with Crippen LogP contribution in [0.25, 0.3) is 0 Å². The Hall–Kier alpha value is -2.51. The molecule has 8 heteroatoms. The van der Waals surface area contributed by atoms with Gasteiger partial charge in [0, 0.05) is 39.9 Å². The fourth-order valence-corrected chi connectivity index (χ4v) is 2.56. The molecule has 26 heavy (non-hydrogen) atoms. The Morgan fingerprint density at radius 1 is 1.27 bits per heavy atom. The van der Waals surface area contributed by atoms with E-state index in [0.29, 0.717) is 12.5 Å². The second-order valence-corrected chi connectivity index (χ2v) is 6.16. The van der Waals surface area contributed by atoms with Crippen molar-refractivity contribution < 1.29 is 13.2 Å². The number of benzene rings is 1. The molecule has 0 aliphatic heterocycles. The number of guanidine groups is 1. The van der Waals surface area contributed by atoms with Crippen LogP contribution in [0.3, 0.4) is 0 Å². The van der Waals surface area contributed by atoms with Crippen molar-refractivity contribution in [2.24, 2.45) is 4.99 Å². The SMILES string of the molecule is CN=C(NCCCn1cc(C)cn1)N(C)Cc1ccc(C(F)(F)F)cc1. The van der Waals surface area contributed by atoms with Gasteiger partial charge in [-0.1, -0.05) is 12.1 Å². The zero-order valence-electron chi connectivity index (χ0n) is 15.2. The molecule has 1 aromatic carbocycles. The first-order valence-electron chi connectivity index (χ1n) is 8.36. The largest absolute Gasteiger partial charge is 0.416 e.